The van der Waals surface area contributed by atoms with Crippen molar-refractivity contribution in [2.75, 3.05) is 0 Å². The average molecular weight is 1450 g/mol. The van der Waals surface area contributed by atoms with Crippen molar-refractivity contribution < 1.29 is 110 Å². The average Bonchev–Trinajstić information content (AvgIpc) is 4.05. The summed E-state index contributed by atoms with van der Waals surface area (Å²) < 4.78 is 51.5. The summed E-state index contributed by atoms with van der Waals surface area (Å²) in [4.78, 5) is 26.6. The van der Waals surface area contributed by atoms with Crippen LogP contribution in [0.25, 0.3) is 0 Å². The van der Waals surface area contributed by atoms with E-state index in [2.05, 4.69) is 88.9 Å². The number of hydrogen-bond donors (Lipinski definition) is 0. The second kappa shape index (κ2) is 34.4. The van der Waals surface area contributed by atoms with Crippen molar-refractivity contribution in [2.45, 2.75) is 20.0 Å². The zero-order valence-corrected chi connectivity index (χ0v) is 46.3. The Labute approximate surface area is 436 Å². The monoisotopic (exact) mass is 1450 g/mol. The zero-order valence-electron chi connectivity index (χ0n) is 32.2. The second-order valence-electron chi connectivity index (χ2n) is 10.6. The summed E-state index contributed by atoms with van der Waals surface area (Å²) in [7, 11) is 0. The Hall–Kier alpha value is -1.94. The van der Waals surface area contributed by atoms with E-state index in [1.807, 2.05) is 70.4 Å². The molecule has 0 saturated carbocycles. The van der Waals surface area contributed by atoms with Crippen molar-refractivity contribution in [3.05, 3.63) is 193 Å². The molecule has 0 aliphatic heterocycles. The van der Waals surface area contributed by atoms with Gasteiger partial charge in [-0.25, -0.2) is 0 Å². The first-order valence-corrected chi connectivity index (χ1v) is 29.3. The molecule has 7 nitrogen and oxygen atoms in total. The highest BCUT2D eigenvalue weighted by atomic mass is 127. The molecule has 63 heavy (non-hydrogen) atoms. The summed E-state index contributed by atoms with van der Waals surface area (Å²) in [6, 6.07) is 44.5. The number of thiophene rings is 3. The second-order valence-corrected chi connectivity index (χ2v) is 27.9. The van der Waals surface area contributed by atoms with E-state index >= 15 is 0 Å². The van der Waals surface area contributed by atoms with E-state index in [0.29, 0.717) is 5.02 Å². The number of alkyl halides is 3. The third kappa shape index (κ3) is 32.4. The SMILES string of the molecule is CC(=O)[O-].CC(=O)[O-].Clc1ccc([I+]c2cccs2)cc1.Clc1ccc([I+]c2cccs2)cc1.Clc1ccc([I+]c2cccs2)cc1.O=C([O-])C(F)(F)F.O=Ic1ccc(Cl)cc1. The van der Waals surface area contributed by atoms with Crippen LogP contribution >= 0.6 is 102 Å². The number of halogens is 11. The molecule has 0 radical (unpaired) electrons. The van der Waals surface area contributed by atoms with Crippen molar-refractivity contribution in [2.24, 2.45) is 0 Å². The number of rotatable bonds is 7. The summed E-state index contributed by atoms with van der Waals surface area (Å²) in [5.74, 6) is -5.17. The third-order valence-corrected chi connectivity index (χ3v) is 20.3. The first-order valence-electron chi connectivity index (χ1n) is 16.7. The van der Waals surface area contributed by atoms with E-state index in [1.54, 1.807) is 24.3 Å². The van der Waals surface area contributed by atoms with Crippen LogP contribution in [0.2, 0.25) is 20.1 Å². The van der Waals surface area contributed by atoms with Gasteiger partial charge in [0.1, 0.15) is 5.97 Å². The molecule has 0 amide bonds. The van der Waals surface area contributed by atoms with Crippen LogP contribution in [0.3, 0.4) is 0 Å². The first-order chi connectivity index (χ1) is 29.8. The van der Waals surface area contributed by atoms with Crippen molar-refractivity contribution in [3.63, 3.8) is 0 Å². The smallest absolute Gasteiger partial charge is 0.430 e. The molecule has 3 heterocycles. The lowest BCUT2D eigenvalue weighted by molar-refractivity contribution is -0.591. The molecule has 0 atom stereocenters. The maximum absolute atomic E-state index is 10.5. The number of carbonyl (C=O) groups excluding carboxylic acids is 3. The fourth-order valence-corrected chi connectivity index (χ4v) is 15.3. The summed E-state index contributed by atoms with van der Waals surface area (Å²) in [6.07, 6.45) is -5.19. The summed E-state index contributed by atoms with van der Waals surface area (Å²) in [6.45, 7) is 1.94. The Bertz CT molecular complexity index is 2100. The fraction of sp³-hybridized carbons (Fsp3) is 0.0714. The Morgan fingerprint density at radius 2 is 0.714 bits per heavy atom. The topological polar surface area (TPSA) is 137 Å². The van der Waals surface area contributed by atoms with Gasteiger partial charge in [0, 0.05) is 53.8 Å². The molecular formula is C42H31Cl4F3I4O7S3. The van der Waals surface area contributed by atoms with Crippen LogP contribution < -0.4 is 78.9 Å². The maximum atomic E-state index is 10.5. The molecule has 7 rings (SSSR count). The molecular weight excluding hydrogens is 1420 g/mol. The standard InChI is InChI=1S/3C10H7ClIS.C6H4ClIO.C2HF3O2.2C2H4O2/c3*11-8-3-5-9(6-4-8)12-10-2-1-7-13-10;7-5-1-3-6(8-9)4-2-5;3-2(4,5)1(6)7;2*1-2(3)4/h3*1-7H;1-4H;(H,6,7);2*1H3,(H,3,4)/q3*+1;;;;/p-3. The quantitative estimate of drug-likeness (QED) is 0.219. The Morgan fingerprint density at radius 3 is 0.889 bits per heavy atom. The van der Waals surface area contributed by atoms with Gasteiger partial charge in [-0.05, 0) is 145 Å². The van der Waals surface area contributed by atoms with E-state index in [4.69, 9.17) is 76.1 Å². The number of carbonyl (C=O) groups is 3. The highest BCUT2D eigenvalue weighted by molar-refractivity contribution is 14.1. The van der Waals surface area contributed by atoms with Gasteiger partial charge >= 0.3 is 69.8 Å². The molecule has 3 aromatic heterocycles. The van der Waals surface area contributed by atoms with Crippen LogP contribution in [0.5, 0.6) is 0 Å². The summed E-state index contributed by atoms with van der Waals surface area (Å²) in [5, 5.41) is 36.1. The van der Waals surface area contributed by atoms with Gasteiger partial charge in [-0.2, -0.15) is 13.2 Å². The highest BCUT2D eigenvalue weighted by Crippen LogP contribution is 2.14. The van der Waals surface area contributed by atoms with Crippen molar-refractivity contribution in [3.8, 4) is 0 Å². The lowest BCUT2D eigenvalue weighted by Gasteiger charge is -2.03. The summed E-state index contributed by atoms with van der Waals surface area (Å²) >= 11 is 27.5. The number of benzene rings is 4. The highest BCUT2D eigenvalue weighted by Gasteiger charge is 2.28. The minimum absolute atomic E-state index is 0.0134. The van der Waals surface area contributed by atoms with Crippen LogP contribution in [0.1, 0.15) is 13.8 Å². The van der Waals surface area contributed by atoms with E-state index in [1.165, 1.54) is 19.4 Å². The van der Waals surface area contributed by atoms with Crippen molar-refractivity contribution in [1.82, 2.24) is 0 Å². The first kappa shape index (κ1) is 59.1. The van der Waals surface area contributed by atoms with Gasteiger partial charge in [0.05, 0.1) is 0 Å². The van der Waals surface area contributed by atoms with Crippen LogP contribution in [0, 0.1) is 22.9 Å². The van der Waals surface area contributed by atoms with E-state index in [9.17, 15) is 16.2 Å². The normalized spacial score (nSPS) is 9.73. The van der Waals surface area contributed by atoms with Crippen LogP contribution in [0.15, 0.2) is 150 Å². The Kier molecular flexibility index (Phi) is 32.2. The number of hydrogen-bond acceptors (Lipinski definition) is 10. The minimum atomic E-state index is -5.19. The maximum Gasteiger partial charge on any atom is 0.430 e. The van der Waals surface area contributed by atoms with Gasteiger partial charge in [0.2, 0.25) is 8.65 Å². The number of aliphatic carboxylic acids is 3. The molecule has 0 aliphatic carbocycles. The largest absolute Gasteiger partial charge is 0.550 e. The molecule has 336 valence electrons. The van der Waals surface area contributed by atoms with Gasteiger partial charge < -0.3 is 29.7 Å². The molecule has 0 bridgehead atoms. The predicted octanol–water partition coefficient (Wildman–Crippen LogP) is 1.23. The minimum Gasteiger partial charge on any atom is -0.550 e. The molecule has 21 heteroatoms. The lowest BCUT2D eigenvalue weighted by atomic mass is 10.4. The Balaban J connectivity index is 0.000000383. The number of carboxylic acid groups (broad SMARTS) is 3. The van der Waals surface area contributed by atoms with Gasteiger partial charge in [0.25, 0.3) is 0 Å². The lowest BCUT2D eigenvalue weighted by Crippen LogP contribution is -3.61. The molecule has 0 aliphatic rings. The van der Waals surface area contributed by atoms with Crippen LogP contribution in [-0.4, -0.2) is 24.1 Å². The molecule has 7 aromatic rings. The van der Waals surface area contributed by atoms with Gasteiger partial charge in [-0.3, -0.25) is 3.07 Å². The molecule has 4 aromatic carbocycles. The molecule has 0 fully saturated rings. The molecule has 0 spiro atoms. The fourth-order valence-electron chi connectivity index (χ4n) is 3.22. The number of carboxylic acids is 3. The molecule has 0 saturated heterocycles. The van der Waals surface area contributed by atoms with E-state index in [-0.39, 0.29) is 63.6 Å². The molecule has 0 unspecified atom stereocenters. The summed E-state index contributed by atoms with van der Waals surface area (Å²) in [5.41, 5.74) is 0. The Morgan fingerprint density at radius 1 is 0.492 bits per heavy atom. The van der Waals surface area contributed by atoms with Crippen molar-refractivity contribution >= 4 is 120 Å². The zero-order chi connectivity index (χ0) is 47.2. The van der Waals surface area contributed by atoms with Crippen LogP contribution in [-0.2, 0) is 17.5 Å². The van der Waals surface area contributed by atoms with Gasteiger partial charge in [-0.15, -0.1) is 0 Å². The predicted molar refractivity (Wildman–Crippen MR) is 237 cm³/mol. The van der Waals surface area contributed by atoms with Crippen molar-refractivity contribution in [1.29, 1.82) is 0 Å². The van der Waals surface area contributed by atoms with Gasteiger partial charge in [0.15, 0.2) is 31.9 Å². The van der Waals surface area contributed by atoms with E-state index in [0.717, 1.165) is 32.5 Å². The van der Waals surface area contributed by atoms with Gasteiger partial charge in [-0.1, -0.05) is 80.4 Å². The van der Waals surface area contributed by atoms with Crippen LogP contribution in [0.4, 0.5) is 13.2 Å². The molecule has 0 N–H and O–H groups in total. The third-order valence-electron chi connectivity index (χ3n) is 5.60. The van der Waals surface area contributed by atoms with E-state index < -0.39 is 45.3 Å².